The molecule has 0 radical (unpaired) electrons. The first-order valence-electron chi connectivity index (χ1n) is 5.84. The maximum absolute atomic E-state index is 11.0. The predicted octanol–water partition coefficient (Wildman–Crippen LogP) is 1.30. The van der Waals surface area contributed by atoms with E-state index in [9.17, 15) is 4.79 Å². The number of hydrogen-bond acceptors (Lipinski definition) is 3. The Morgan fingerprint density at radius 3 is 2.94 bits per heavy atom. The average Bonchev–Trinajstić information content (AvgIpc) is 2.30. The van der Waals surface area contributed by atoms with Gasteiger partial charge >= 0.3 is 0 Å². The SMILES string of the molecule is CCOC(C)CNCc1cccc(C(N)=O)c1. The molecule has 1 rings (SSSR count). The number of hydrogen-bond donors (Lipinski definition) is 2. The number of carbonyl (C=O) groups excluding carboxylic acids is 1. The number of nitrogens with one attached hydrogen (secondary N) is 1. The third kappa shape index (κ3) is 4.97. The van der Waals surface area contributed by atoms with E-state index in [4.69, 9.17) is 10.5 Å². The van der Waals surface area contributed by atoms with Gasteiger partial charge in [-0.15, -0.1) is 0 Å². The van der Waals surface area contributed by atoms with Gasteiger partial charge in [-0.3, -0.25) is 4.79 Å². The molecule has 1 aromatic rings. The van der Waals surface area contributed by atoms with Crippen molar-refractivity contribution in [2.75, 3.05) is 13.2 Å². The van der Waals surface area contributed by atoms with Gasteiger partial charge in [-0.2, -0.15) is 0 Å². The molecule has 0 aliphatic heterocycles. The van der Waals surface area contributed by atoms with Gasteiger partial charge < -0.3 is 15.8 Å². The molecule has 0 saturated heterocycles. The van der Waals surface area contributed by atoms with Crippen molar-refractivity contribution in [2.24, 2.45) is 5.73 Å². The second kappa shape index (κ2) is 7.04. The quantitative estimate of drug-likeness (QED) is 0.750. The fourth-order valence-electron chi connectivity index (χ4n) is 1.60. The number of carbonyl (C=O) groups is 1. The number of primary amides is 1. The standard InChI is InChI=1S/C13H20N2O2/c1-3-17-10(2)8-15-9-11-5-4-6-12(7-11)13(14)16/h4-7,10,15H,3,8-9H2,1-2H3,(H2,14,16). The fourth-order valence-corrected chi connectivity index (χ4v) is 1.60. The maximum atomic E-state index is 11.0. The first-order valence-corrected chi connectivity index (χ1v) is 5.84. The molecule has 1 aromatic carbocycles. The molecule has 1 atom stereocenters. The number of amides is 1. The maximum Gasteiger partial charge on any atom is 0.248 e. The molecule has 0 aliphatic rings. The lowest BCUT2D eigenvalue weighted by Crippen LogP contribution is -2.26. The highest BCUT2D eigenvalue weighted by Crippen LogP contribution is 2.04. The number of ether oxygens (including phenoxy) is 1. The molecular weight excluding hydrogens is 216 g/mol. The van der Waals surface area contributed by atoms with Crippen molar-refractivity contribution < 1.29 is 9.53 Å². The highest BCUT2D eigenvalue weighted by Gasteiger charge is 2.02. The molecule has 1 unspecified atom stereocenters. The third-order valence-corrected chi connectivity index (χ3v) is 2.42. The zero-order chi connectivity index (χ0) is 12.7. The van der Waals surface area contributed by atoms with Crippen LogP contribution in [0.25, 0.3) is 0 Å². The van der Waals surface area contributed by atoms with Crippen LogP contribution in [-0.4, -0.2) is 25.2 Å². The summed E-state index contributed by atoms with van der Waals surface area (Å²) in [5.41, 5.74) is 6.81. The molecule has 0 aliphatic carbocycles. The van der Waals surface area contributed by atoms with Crippen LogP contribution in [0.1, 0.15) is 29.8 Å². The smallest absolute Gasteiger partial charge is 0.248 e. The Morgan fingerprint density at radius 1 is 1.53 bits per heavy atom. The lowest BCUT2D eigenvalue weighted by molar-refractivity contribution is 0.0759. The largest absolute Gasteiger partial charge is 0.377 e. The van der Waals surface area contributed by atoms with Crippen molar-refractivity contribution in [3.63, 3.8) is 0 Å². The van der Waals surface area contributed by atoms with Crippen LogP contribution in [0.15, 0.2) is 24.3 Å². The van der Waals surface area contributed by atoms with Gasteiger partial charge in [-0.1, -0.05) is 12.1 Å². The Kier molecular flexibility index (Phi) is 5.66. The molecule has 0 bridgehead atoms. The molecule has 4 heteroatoms. The minimum absolute atomic E-state index is 0.194. The van der Waals surface area contributed by atoms with Crippen LogP contribution >= 0.6 is 0 Å². The van der Waals surface area contributed by atoms with Gasteiger partial charge in [0.25, 0.3) is 0 Å². The zero-order valence-corrected chi connectivity index (χ0v) is 10.4. The summed E-state index contributed by atoms with van der Waals surface area (Å²) >= 11 is 0. The van der Waals surface area contributed by atoms with Gasteiger partial charge in [-0.25, -0.2) is 0 Å². The predicted molar refractivity (Wildman–Crippen MR) is 67.8 cm³/mol. The second-order valence-corrected chi connectivity index (χ2v) is 3.96. The third-order valence-electron chi connectivity index (χ3n) is 2.42. The Bertz CT molecular complexity index is 366. The van der Waals surface area contributed by atoms with Crippen LogP contribution < -0.4 is 11.1 Å². The molecule has 3 N–H and O–H groups in total. The molecule has 4 nitrogen and oxygen atoms in total. The van der Waals surface area contributed by atoms with Crippen LogP contribution in [0.4, 0.5) is 0 Å². The van der Waals surface area contributed by atoms with E-state index in [0.717, 1.165) is 18.7 Å². The molecule has 1 amide bonds. The molecule has 0 heterocycles. The topological polar surface area (TPSA) is 64.3 Å². The van der Waals surface area contributed by atoms with Crippen LogP contribution in [0.3, 0.4) is 0 Å². The van der Waals surface area contributed by atoms with Crippen molar-refractivity contribution >= 4 is 5.91 Å². The van der Waals surface area contributed by atoms with E-state index in [1.807, 2.05) is 26.0 Å². The van der Waals surface area contributed by atoms with E-state index in [1.165, 1.54) is 0 Å². The average molecular weight is 236 g/mol. The molecule has 0 fully saturated rings. The van der Waals surface area contributed by atoms with Crippen molar-refractivity contribution in [3.8, 4) is 0 Å². The van der Waals surface area contributed by atoms with Crippen molar-refractivity contribution in [2.45, 2.75) is 26.5 Å². The first kappa shape index (κ1) is 13.7. The molecule has 0 spiro atoms. The van der Waals surface area contributed by atoms with Gasteiger partial charge in [0.2, 0.25) is 5.91 Å². The summed E-state index contributed by atoms with van der Waals surface area (Å²) in [4.78, 5) is 11.0. The van der Waals surface area contributed by atoms with Gasteiger partial charge in [-0.05, 0) is 31.5 Å². The van der Waals surface area contributed by atoms with Gasteiger partial charge in [0, 0.05) is 25.3 Å². The Hall–Kier alpha value is -1.39. The van der Waals surface area contributed by atoms with Crippen molar-refractivity contribution in [3.05, 3.63) is 35.4 Å². The van der Waals surface area contributed by atoms with E-state index in [0.29, 0.717) is 12.1 Å². The van der Waals surface area contributed by atoms with Gasteiger partial charge in [0.05, 0.1) is 6.10 Å². The molecule has 0 saturated carbocycles. The molecule has 17 heavy (non-hydrogen) atoms. The monoisotopic (exact) mass is 236 g/mol. The van der Waals surface area contributed by atoms with Crippen molar-refractivity contribution in [1.29, 1.82) is 0 Å². The summed E-state index contributed by atoms with van der Waals surface area (Å²) in [5.74, 6) is -0.394. The summed E-state index contributed by atoms with van der Waals surface area (Å²) in [6.45, 7) is 6.22. The van der Waals surface area contributed by atoms with E-state index in [1.54, 1.807) is 12.1 Å². The summed E-state index contributed by atoms with van der Waals surface area (Å²) in [6.07, 6.45) is 0.194. The summed E-state index contributed by atoms with van der Waals surface area (Å²) in [7, 11) is 0. The van der Waals surface area contributed by atoms with E-state index >= 15 is 0 Å². The van der Waals surface area contributed by atoms with Gasteiger partial charge in [0.1, 0.15) is 0 Å². The van der Waals surface area contributed by atoms with E-state index in [2.05, 4.69) is 5.32 Å². The highest BCUT2D eigenvalue weighted by molar-refractivity contribution is 5.92. The van der Waals surface area contributed by atoms with Crippen LogP contribution in [0.5, 0.6) is 0 Å². The lowest BCUT2D eigenvalue weighted by Gasteiger charge is -2.12. The van der Waals surface area contributed by atoms with Crippen LogP contribution in [0.2, 0.25) is 0 Å². The van der Waals surface area contributed by atoms with E-state index in [-0.39, 0.29) is 6.10 Å². The van der Waals surface area contributed by atoms with Crippen molar-refractivity contribution in [1.82, 2.24) is 5.32 Å². The first-order chi connectivity index (χ1) is 8.13. The lowest BCUT2D eigenvalue weighted by atomic mass is 10.1. The van der Waals surface area contributed by atoms with Crippen LogP contribution in [-0.2, 0) is 11.3 Å². The summed E-state index contributed by atoms with van der Waals surface area (Å²) in [5, 5.41) is 3.28. The second-order valence-electron chi connectivity index (χ2n) is 3.96. The molecule has 94 valence electrons. The summed E-state index contributed by atoms with van der Waals surface area (Å²) < 4.78 is 5.41. The summed E-state index contributed by atoms with van der Waals surface area (Å²) in [6, 6.07) is 7.32. The Balaban J connectivity index is 2.41. The number of nitrogens with two attached hydrogens (primary N) is 1. The van der Waals surface area contributed by atoms with Crippen LogP contribution in [0, 0.1) is 0 Å². The Morgan fingerprint density at radius 2 is 2.29 bits per heavy atom. The fraction of sp³-hybridized carbons (Fsp3) is 0.462. The molecular formula is C13H20N2O2. The number of benzene rings is 1. The highest BCUT2D eigenvalue weighted by atomic mass is 16.5. The zero-order valence-electron chi connectivity index (χ0n) is 10.4. The normalized spacial score (nSPS) is 12.4. The van der Waals surface area contributed by atoms with E-state index < -0.39 is 5.91 Å². The Labute approximate surface area is 102 Å². The molecule has 0 aromatic heterocycles. The minimum Gasteiger partial charge on any atom is -0.377 e. The minimum atomic E-state index is -0.394. The number of rotatable bonds is 7. The van der Waals surface area contributed by atoms with Gasteiger partial charge in [0.15, 0.2) is 0 Å².